The van der Waals surface area contributed by atoms with Crippen LogP contribution in [-0.2, 0) is 20.5 Å². The molecule has 1 fully saturated rings. The number of Topliss-reactive ketones (excluding diaryl/α,β-unsaturated/α-hetero) is 1. The molecule has 1 aliphatic carbocycles. The fourth-order valence-corrected chi connectivity index (χ4v) is 2.20. The monoisotopic (exact) mass is 312 g/mol. The summed E-state index contributed by atoms with van der Waals surface area (Å²) < 4.78 is 42.3. The van der Waals surface area contributed by atoms with Gasteiger partial charge in [-0.2, -0.15) is 13.2 Å². The molecule has 0 heterocycles. The Labute approximate surface area is 125 Å². The lowest BCUT2D eigenvalue weighted by molar-refractivity contribution is -0.152. The number of carbonyl (C=O) groups excluding carboxylic acids is 2. The van der Waals surface area contributed by atoms with Crippen LogP contribution in [-0.4, -0.2) is 17.9 Å². The van der Waals surface area contributed by atoms with Crippen LogP contribution in [0, 0.1) is 0 Å². The highest BCUT2D eigenvalue weighted by atomic mass is 19.4. The molecule has 3 nitrogen and oxygen atoms in total. The largest absolute Gasteiger partial charge is 0.451 e. The molecule has 118 valence electrons. The fourth-order valence-electron chi connectivity index (χ4n) is 2.20. The zero-order valence-electron chi connectivity index (χ0n) is 11.7. The molecule has 2 rings (SSSR count). The summed E-state index contributed by atoms with van der Waals surface area (Å²) in [6.45, 7) is 0. The Morgan fingerprint density at radius 2 is 1.86 bits per heavy atom. The summed E-state index contributed by atoms with van der Waals surface area (Å²) in [7, 11) is 0. The summed E-state index contributed by atoms with van der Waals surface area (Å²) in [5.74, 6) is -0.748. The molecule has 1 aliphatic rings. The van der Waals surface area contributed by atoms with E-state index < -0.39 is 23.8 Å². The van der Waals surface area contributed by atoms with E-state index in [1.54, 1.807) is 0 Å². The third-order valence-corrected chi connectivity index (χ3v) is 3.41. The van der Waals surface area contributed by atoms with Crippen LogP contribution in [0.2, 0.25) is 0 Å². The van der Waals surface area contributed by atoms with Gasteiger partial charge in [-0.25, -0.2) is 4.79 Å². The van der Waals surface area contributed by atoms with Crippen molar-refractivity contribution in [3.8, 4) is 0 Å². The number of hydrogen-bond acceptors (Lipinski definition) is 3. The van der Waals surface area contributed by atoms with Crippen molar-refractivity contribution in [2.75, 3.05) is 0 Å². The second-order valence-corrected chi connectivity index (χ2v) is 5.09. The third-order valence-electron chi connectivity index (χ3n) is 3.41. The van der Waals surface area contributed by atoms with Crippen LogP contribution in [0.1, 0.15) is 36.8 Å². The minimum Gasteiger partial charge on any atom is -0.451 e. The third kappa shape index (κ3) is 4.44. The van der Waals surface area contributed by atoms with Gasteiger partial charge < -0.3 is 4.74 Å². The molecule has 0 radical (unpaired) electrons. The topological polar surface area (TPSA) is 43.4 Å². The maximum atomic E-state index is 12.4. The molecule has 1 unspecified atom stereocenters. The molecule has 1 aromatic carbocycles. The molecule has 0 N–H and O–H groups in total. The highest BCUT2D eigenvalue weighted by molar-refractivity contribution is 5.91. The maximum Gasteiger partial charge on any atom is 0.416 e. The Hall–Kier alpha value is -2.11. The number of halogens is 3. The van der Waals surface area contributed by atoms with Gasteiger partial charge in [0, 0.05) is 12.5 Å². The first-order valence-corrected chi connectivity index (χ1v) is 6.95. The van der Waals surface area contributed by atoms with Gasteiger partial charge in [0.25, 0.3) is 0 Å². The van der Waals surface area contributed by atoms with Crippen molar-refractivity contribution in [3.05, 3.63) is 41.5 Å². The van der Waals surface area contributed by atoms with E-state index in [2.05, 4.69) is 0 Å². The first-order chi connectivity index (χ1) is 10.4. The minimum absolute atomic E-state index is 0.0810. The molecule has 0 spiro atoms. The number of ether oxygens (including phenoxy) is 1. The number of esters is 1. The van der Waals surface area contributed by atoms with Gasteiger partial charge in [-0.15, -0.1) is 0 Å². The fraction of sp³-hybridized carbons (Fsp3) is 0.375. The van der Waals surface area contributed by atoms with E-state index in [0.29, 0.717) is 18.4 Å². The quantitative estimate of drug-likeness (QED) is 0.630. The van der Waals surface area contributed by atoms with Crippen molar-refractivity contribution >= 4 is 17.8 Å². The molecule has 22 heavy (non-hydrogen) atoms. The summed E-state index contributed by atoms with van der Waals surface area (Å²) in [4.78, 5) is 23.1. The van der Waals surface area contributed by atoms with E-state index in [4.69, 9.17) is 4.74 Å². The summed E-state index contributed by atoms with van der Waals surface area (Å²) in [5.41, 5.74) is -0.306. The van der Waals surface area contributed by atoms with Crippen molar-refractivity contribution in [1.29, 1.82) is 0 Å². The lowest BCUT2D eigenvalue weighted by Crippen LogP contribution is -2.29. The van der Waals surface area contributed by atoms with Crippen molar-refractivity contribution < 1.29 is 27.5 Å². The number of ketones is 1. The smallest absolute Gasteiger partial charge is 0.416 e. The van der Waals surface area contributed by atoms with Crippen molar-refractivity contribution in [2.45, 2.75) is 38.0 Å². The molecule has 0 aliphatic heterocycles. The van der Waals surface area contributed by atoms with Gasteiger partial charge >= 0.3 is 12.1 Å². The van der Waals surface area contributed by atoms with Crippen molar-refractivity contribution in [3.63, 3.8) is 0 Å². The predicted octanol–water partition coefficient (Wildman–Crippen LogP) is 3.77. The van der Waals surface area contributed by atoms with E-state index in [0.717, 1.165) is 31.1 Å². The number of hydrogen-bond donors (Lipinski definition) is 0. The van der Waals surface area contributed by atoms with Crippen molar-refractivity contribution in [2.24, 2.45) is 0 Å². The molecule has 1 aromatic rings. The average molecular weight is 312 g/mol. The lowest BCUT2D eigenvalue weighted by atomic mass is 9.96. The van der Waals surface area contributed by atoms with Gasteiger partial charge in [0.2, 0.25) is 0 Å². The first kappa shape index (κ1) is 16.3. The number of alkyl halides is 3. The number of rotatable bonds is 3. The van der Waals surface area contributed by atoms with Crippen LogP contribution in [0.4, 0.5) is 13.2 Å². The van der Waals surface area contributed by atoms with Crippen molar-refractivity contribution in [1.82, 2.24) is 0 Å². The van der Waals surface area contributed by atoms with E-state index in [1.165, 1.54) is 18.2 Å². The second kappa shape index (κ2) is 6.77. The molecular formula is C16H15F3O3. The Morgan fingerprint density at radius 3 is 2.45 bits per heavy atom. The van der Waals surface area contributed by atoms with Gasteiger partial charge in [-0.05, 0) is 43.0 Å². The van der Waals surface area contributed by atoms with Gasteiger partial charge in [-0.1, -0.05) is 12.1 Å². The Morgan fingerprint density at radius 1 is 1.18 bits per heavy atom. The number of benzene rings is 1. The Bertz CT molecular complexity index is 573. The standard InChI is InChI=1S/C16H15F3O3/c17-16(18,19)12-8-5-11(6-9-12)7-10-15(21)22-14-4-2-1-3-13(14)20/h5-10,14H,1-4H2. The van der Waals surface area contributed by atoms with Gasteiger partial charge in [0.1, 0.15) is 0 Å². The van der Waals surface area contributed by atoms with Crippen LogP contribution in [0.25, 0.3) is 6.08 Å². The van der Waals surface area contributed by atoms with E-state index in [-0.39, 0.29) is 5.78 Å². The zero-order valence-corrected chi connectivity index (χ0v) is 11.7. The van der Waals surface area contributed by atoms with Crippen LogP contribution in [0.15, 0.2) is 30.3 Å². The van der Waals surface area contributed by atoms with Gasteiger partial charge in [0.15, 0.2) is 11.9 Å². The summed E-state index contributed by atoms with van der Waals surface area (Å²) in [5, 5.41) is 0. The summed E-state index contributed by atoms with van der Waals surface area (Å²) in [6, 6.07) is 4.40. The summed E-state index contributed by atoms with van der Waals surface area (Å²) >= 11 is 0. The predicted molar refractivity (Wildman–Crippen MR) is 73.8 cm³/mol. The second-order valence-electron chi connectivity index (χ2n) is 5.09. The molecule has 1 atom stereocenters. The molecule has 0 amide bonds. The Kier molecular flexibility index (Phi) is 5.00. The molecule has 0 aromatic heterocycles. The van der Waals surface area contributed by atoms with Gasteiger partial charge in [0.05, 0.1) is 5.56 Å². The first-order valence-electron chi connectivity index (χ1n) is 6.95. The average Bonchev–Trinajstić information content (AvgIpc) is 2.47. The lowest BCUT2D eigenvalue weighted by Gasteiger charge is -2.19. The molecular weight excluding hydrogens is 297 g/mol. The Balaban J connectivity index is 1.93. The highest BCUT2D eigenvalue weighted by Crippen LogP contribution is 2.29. The van der Waals surface area contributed by atoms with Crippen LogP contribution in [0.3, 0.4) is 0 Å². The van der Waals surface area contributed by atoms with E-state index in [1.807, 2.05) is 0 Å². The zero-order chi connectivity index (χ0) is 16.2. The minimum atomic E-state index is -4.39. The normalized spacial score (nSPS) is 19.4. The molecule has 6 heteroatoms. The molecule has 1 saturated carbocycles. The van der Waals surface area contributed by atoms with Crippen LogP contribution >= 0.6 is 0 Å². The SMILES string of the molecule is O=C(C=Cc1ccc(C(F)(F)F)cc1)OC1CCCCC1=O. The molecule has 0 bridgehead atoms. The highest BCUT2D eigenvalue weighted by Gasteiger charge is 2.29. The van der Waals surface area contributed by atoms with Crippen LogP contribution in [0.5, 0.6) is 0 Å². The van der Waals surface area contributed by atoms with E-state index >= 15 is 0 Å². The maximum absolute atomic E-state index is 12.4. The number of carbonyl (C=O) groups is 2. The van der Waals surface area contributed by atoms with Crippen LogP contribution < -0.4 is 0 Å². The van der Waals surface area contributed by atoms with E-state index in [9.17, 15) is 22.8 Å². The molecule has 0 saturated heterocycles. The van der Waals surface area contributed by atoms with Gasteiger partial charge in [-0.3, -0.25) is 4.79 Å². The summed E-state index contributed by atoms with van der Waals surface area (Å²) in [6.07, 6.45) is -0.0127.